The van der Waals surface area contributed by atoms with E-state index in [-0.39, 0.29) is 23.1 Å². The summed E-state index contributed by atoms with van der Waals surface area (Å²) in [6.07, 6.45) is 3.86. The van der Waals surface area contributed by atoms with Crippen molar-refractivity contribution in [1.82, 2.24) is 10.2 Å². The van der Waals surface area contributed by atoms with Crippen molar-refractivity contribution in [2.45, 2.75) is 38.5 Å². The van der Waals surface area contributed by atoms with E-state index in [2.05, 4.69) is 5.32 Å². The van der Waals surface area contributed by atoms with Crippen LogP contribution in [0.2, 0.25) is 0 Å². The Morgan fingerprint density at radius 3 is 2.48 bits per heavy atom. The number of carbonyl (C=O) groups excluding carboxylic acids is 3. The number of hydrogen-bond acceptors (Lipinski definition) is 4. The average Bonchev–Trinajstić information content (AvgIpc) is 2.90. The van der Waals surface area contributed by atoms with Gasteiger partial charge in [0.25, 0.3) is 0 Å². The molecule has 0 aliphatic carbocycles. The number of likely N-dealkylation sites (tertiary alicyclic amines) is 1. The highest BCUT2D eigenvalue weighted by Crippen LogP contribution is 2.40. The third-order valence-electron chi connectivity index (χ3n) is 5.01. The molecule has 1 N–H and O–H groups in total. The molecule has 3 heterocycles. The lowest BCUT2D eigenvalue weighted by atomic mass is 9.71. The molecule has 1 spiro atoms. The van der Waals surface area contributed by atoms with Gasteiger partial charge in [-0.3, -0.25) is 19.7 Å². The van der Waals surface area contributed by atoms with E-state index in [1.165, 1.54) is 0 Å². The number of nitrogens with zero attached hydrogens (tertiary/aromatic N) is 1. The van der Waals surface area contributed by atoms with Crippen LogP contribution >= 0.6 is 0 Å². The first-order valence-electron chi connectivity index (χ1n) is 7.75. The predicted molar refractivity (Wildman–Crippen MR) is 74.2 cm³/mol. The molecule has 6 heteroatoms. The molecule has 3 rings (SSSR count). The van der Waals surface area contributed by atoms with Gasteiger partial charge in [-0.2, -0.15) is 0 Å². The average molecular weight is 294 g/mol. The van der Waals surface area contributed by atoms with Gasteiger partial charge in [0.15, 0.2) is 0 Å². The van der Waals surface area contributed by atoms with E-state index in [4.69, 9.17) is 4.74 Å². The lowest BCUT2D eigenvalue weighted by molar-refractivity contribution is -0.141. The highest BCUT2D eigenvalue weighted by molar-refractivity contribution is 5.98. The maximum atomic E-state index is 12.3. The fourth-order valence-electron chi connectivity index (χ4n) is 3.69. The van der Waals surface area contributed by atoms with E-state index in [1.54, 1.807) is 0 Å². The van der Waals surface area contributed by atoms with Crippen LogP contribution in [-0.2, 0) is 19.1 Å². The molecule has 3 amide bonds. The molecule has 3 saturated heterocycles. The summed E-state index contributed by atoms with van der Waals surface area (Å²) in [5.74, 6) is 0.200. The molecule has 1 atom stereocenters. The quantitative estimate of drug-likeness (QED) is 0.751. The second-order valence-electron chi connectivity index (χ2n) is 6.64. The minimum Gasteiger partial charge on any atom is -0.381 e. The van der Waals surface area contributed by atoms with Crippen molar-refractivity contribution in [3.8, 4) is 0 Å². The Balaban J connectivity index is 1.53. The zero-order valence-corrected chi connectivity index (χ0v) is 12.2. The number of nitrogens with one attached hydrogen (secondary N) is 1. The van der Waals surface area contributed by atoms with Crippen molar-refractivity contribution < 1.29 is 19.1 Å². The standard InChI is InChI=1S/C15H22N2O4/c18-12-8-15(9-13(19)16-12)2-4-17(5-3-15)14(20)7-11-1-6-21-10-11/h11H,1-10H2,(H,16,18,19)/t11-/m1/s1. The first-order chi connectivity index (χ1) is 10.1. The summed E-state index contributed by atoms with van der Waals surface area (Å²) in [5, 5.41) is 2.36. The number of imide groups is 1. The molecule has 0 aromatic heterocycles. The van der Waals surface area contributed by atoms with E-state index in [1.807, 2.05) is 4.90 Å². The molecular weight excluding hydrogens is 272 g/mol. The van der Waals surface area contributed by atoms with Crippen molar-refractivity contribution in [2.75, 3.05) is 26.3 Å². The van der Waals surface area contributed by atoms with Gasteiger partial charge in [-0.1, -0.05) is 0 Å². The molecule has 0 saturated carbocycles. The van der Waals surface area contributed by atoms with Crippen LogP contribution in [0.5, 0.6) is 0 Å². The van der Waals surface area contributed by atoms with Crippen LogP contribution in [0.3, 0.4) is 0 Å². The predicted octanol–water partition coefficient (Wildman–Crippen LogP) is 0.458. The monoisotopic (exact) mass is 294 g/mol. The highest BCUT2D eigenvalue weighted by Gasteiger charge is 2.42. The van der Waals surface area contributed by atoms with Crippen molar-refractivity contribution in [3.63, 3.8) is 0 Å². The largest absolute Gasteiger partial charge is 0.381 e. The zero-order valence-electron chi connectivity index (χ0n) is 12.2. The van der Waals surface area contributed by atoms with Gasteiger partial charge < -0.3 is 9.64 Å². The van der Waals surface area contributed by atoms with E-state index in [9.17, 15) is 14.4 Å². The van der Waals surface area contributed by atoms with Crippen LogP contribution in [0.4, 0.5) is 0 Å². The van der Waals surface area contributed by atoms with Crippen LogP contribution in [0.1, 0.15) is 38.5 Å². The minimum absolute atomic E-state index is 0.172. The summed E-state index contributed by atoms with van der Waals surface area (Å²) in [6.45, 7) is 2.77. The Morgan fingerprint density at radius 2 is 1.90 bits per heavy atom. The number of rotatable bonds is 2. The number of hydrogen-bond donors (Lipinski definition) is 1. The number of amides is 3. The first-order valence-corrected chi connectivity index (χ1v) is 7.75. The Labute approximate surface area is 124 Å². The molecule has 0 bridgehead atoms. The second kappa shape index (κ2) is 5.75. The van der Waals surface area contributed by atoms with Gasteiger partial charge in [0.2, 0.25) is 17.7 Å². The van der Waals surface area contributed by atoms with Crippen LogP contribution < -0.4 is 5.32 Å². The topological polar surface area (TPSA) is 75.7 Å². The molecular formula is C15H22N2O4. The SMILES string of the molecule is O=C1CC2(CCN(C(=O)C[C@H]3CCOC3)CC2)CC(=O)N1. The van der Waals surface area contributed by atoms with Gasteiger partial charge in [0.1, 0.15) is 0 Å². The molecule has 0 aromatic carbocycles. The number of carbonyl (C=O) groups is 3. The molecule has 3 aliphatic rings. The summed E-state index contributed by atoms with van der Waals surface area (Å²) in [5.41, 5.74) is -0.216. The van der Waals surface area contributed by atoms with Crippen LogP contribution in [-0.4, -0.2) is 48.9 Å². The Kier molecular flexibility index (Phi) is 3.97. The third-order valence-corrected chi connectivity index (χ3v) is 5.01. The van der Waals surface area contributed by atoms with Gasteiger partial charge in [-0.25, -0.2) is 0 Å². The minimum atomic E-state index is -0.216. The van der Waals surface area contributed by atoms with E-state index in [0.29, 0.717) is 44.9 Å². The molecule has 21 heavy (non-hydrogen) atoms. The van der Waals surface area contributed by atoms with Crippen molar-refractivity contribution in [2.24, 2.45) is 11.3 Å². The molecule has 116 valence electrons. The van der Waals surface area contributed by atoms with Crippen molar-refractivity contribution in [3.05, 3.63) is 0 Å². The normalized spacial score (nSPS) is 28.8. The summed E-state index contributed by atoms with van der Waals surface area (Å²) < 4.78 is 5.31. The Morgan fingerprint density at radius 1 is 1.24 bits per heavy atom. The molecule has 0 aromatic rings. The van der Waals surface area contributed by atoms with Crippen LogP contribution in [0.25, 0.3) is 0 Å². The lowest BCUT2D eigenvalue weighted by Gasteiger charge is -2.43. The summed E-state index contributed by atoms with van der Waals surface area (Å²) in [7, 11) is 0. The van der Waals surface area contributed by atoms with Gasteiger partial charge in [-0.15, -0.1) is 0 Å². The maximum Gasteiger partial charge on any atom is 0.227 e. The summed E-state index contributed by atoms with van der Waals surface area (Å²) >= 11 is 0. The lowest BCUT2D eigenvalue weighted by Crippen LogP contribution is -2.51. The summed E-state index contributed by atoms with van der Waals surface area (Å²) in [4.78, 5) is 37.3. The van der Waals surface area contributed by atoms with Gasteiger partial charge in [0, 0.05) is 45.6 Å². The number of piperidine rings is 2. The van der Waals surface area contributed by atoms with Crippen molar-refractivity contribution >= 4 is 17.7 Å². The first kappa shape index (κ1) is 14.5. The molecule has 6 nitrogen and oxygen atoms in total. The smallest absolute Gasteiger partial charge is 0.227 e. The number of ether oxygens (including phenoxy) is 1. The van der Waals surface area contributed by atoms with Gasteiger partial charge in [0.05, 0.1) is 0 Å². The molecule has 3 aliphatic heterocycles. The third kappa shape index (κ3) is 3.26. The summed E-state index contributed by atoms with van der Waals surface area (Å²) in [6, 6.07) is 0. The molecule has 0 radical (unpaired) electrons. The van der Waals surface area contributed by atoms with Crippen LogP contribution in [0.15, 0.2) is 0 Å². The highest BCUT2D eigenvalue weighted by atomic mass is 16.5. The fourth-order valence-corrected chi connectivity index (χ4v) is 3.69. The fraction of sp³-hybridized carbons (Fsp3) is 0.800. The van der Waals surface area contributed by atoms with Crippen molar-refractivity contribution in [1.29, 1.82) is 0 Å². The Hall–Kier alpha value is -1.43. The van der Waals surface area contributed by atoms with E-state index < -0.39 is 0 Å². The second-order valence-corrected chi connectivity index (χ2v) is 6.64. The van der Waals surface area contributed by atoms with Crippen LogP contribution in [0, 0.1) is 11.3 Å². The maximum absolute atomic E-state index is 12.3. The Bertz CT molecular complexity index is 431. The van der Waals surface area contributed by atoms with E-state index in [0.717, 1.165) is 25.9 Å². The van der Waals surface area contributed by atoms with Gasteiger partial charge >= 0.3 is 0 Å². The zero-order chi connectivity index (χ0) is 14.9. The van der Waals surface area contributed by atoms with Gasteiger partial charge in [-0.05, 0) is 30.6 Å². The van der Waals surface area contributed by atoms with E-state index >= 15 is 0 Å². The molecule has 0 unspecified atom stereocenters. The molecule has 3 fully saturated rings.